The number of benzene rings is 2. The van der Waals surface area contributed by atoms with Crippen LogP contribution in [0.1, 0.15) is 11.1 Å². The number of halogens is 3. The van der Waals surface area contributed by atoms with Gasteiger partial charge in [-0.25, -0.2) is 18.2 Å². The van der Waals surface area contributed by atoms with Crippen molar-refractivity contribution in [1.29, 1.82) is 0 Å². The van der Waals surface area contributed by atoms with E-state index in [0.29, 0.717) is 0 Å². The Morgan fingerprint density at radius 2 is 1.79 bits per heavy atom. The molecule has 1 heterocycles. The minimum atomic E-state index is -1.51. The van der Waals surface area contributed by atoms with Gasteiger partial charge in [0.15, 0.2) is 23.1 Å². The normalized spacial score (nSPS) is 11.1. The van der Waals surface area contributed by atoms with Gasteiger partial charge in [0.05, 0.1) is 5.69 Å². The van der Waals surface area contributed by atoms with Crippen molar-refractivity contribution in [3.05, 3.63) is 77.1 Å². The third kappa shape index (κ3) is 4.88. The summed E-state index contributed by atoms with van der Waals surface area (Å²) in [6, 6.07) is 12.3. The fourth-order valence-corrected chi connectivity index (χ4v) is 2.65. The minimum absolute atomic E-state index is 0.113. The second-order valence-electron chi connectivity index (χ2n) is 6.09. The van der Waals surface area contributed by atoms with E-state index in [2.05, 4.69) is 26.3 Å². The third-order valence-electron chi connectivity index (χ3n) is 4.12. The van der Waals surface area contributed by atoms with E-state index in [9.17, 15) is 13.2 Å². The summed E-state index contributed by atoms with van der Waals surface area (Å²) >= 11 is 0. The molecule has 3 aromatic rings. The highest BCUT2D eigenvalue weighted by Crippen LogP contribution is 2.25. The minimum Gasteiger partial charge on any atom is -0.473 e. The fourth-order valence-electron chi connectivity index (χ4n) is 2.65. The molecule has 0 aliphatic carbocycles. The van der Waals surface area contributed by atoms with Crippen molar-refractivity contribution >= 4 is 5.69 Å². The number of rotatable bonds is 7. The Kier molecular flexibility index (Phi) is 6.40. The number of nitrogens with one attached hydrogen (secondary N) is 3. The molecule has 3 N–H and O–H groups in total. The number of ether oxygens (including phenoxy) is 1. The van der Waals surface area contributed by atoms with Crippen LogP contribution in [0.2, 0.25) is 0 Å². The SMILES string of the molecule is CNNN=[NH+]c1cccc(C)c1COc1cccc(-c2cc(F)c(F)c(F)c2)n1. The summed E-state index contributed by atoms with van der Waals surface area (Å²) in [7, 11) is 1.68. The van der Waals surface area contributed by atoms with Crippen molar-refractivity contribution in [1.82, 2.24) is 15.9 Å². The zero-order valence-corrected chi connectivity index (χ0v) is 15.8. The maximum absolute atomic E-state index is 13.5. The van der Waals surface area contributed by atoms with Crippen LogP contribution in [0.3, 0.4) is 0 Å². The first-order chi connectivity index (χ1) is 14.0. The number of hydrazine groups is 1. The first kappa shape index (κ1) is 20.3. The molecule has 0 atom stereocenters. The lowest BCUT2D eigenvalue weighted by Gasteiger charge is -2.10. The molecule has 0 fully saturated rings. The number of nitrogens with zero attached hydrogens (tertiary/aromatic N) is 2. The Bertz CT molecular complexity index is 1020. The number of pyridine rings is 1. The summed E-state index contributed by atoms with van der Waals surface area (Å²) in [6.07, 6.45) is 0. The molecule has 0 bridgehead atoms. The van der Waals surface area contributed by atoms with E-state index in [-0.39, 0.29) is 23.7 Å². The van der Waals surface area contributed by atoms with Gasteiger partial charge in [-0.1, -0.05) is 18.2 Å². The molecule has 6 nitrogen and oxygen atoms in total. The van der Waals surface area contributed by atoms with Crippen LogP contribution < -0.4 is 20.8 Å². The molecule has 150 valence electrons. The maximum Gasteiger partial charge on any atom is 0.214 e. The highest BCUT2D eigenvalue weighted by atomic mass is 19.2. The molecule has 2 aromatic carbocycles. The van der Waals surface area contributed by atoms with Crippen molar-refractivity contribution in [2.45, 2.75) is 13.5 Å². The van der Waals surface area contributed by atoms with Gasteiger partial charge in [0.2, 0.25) is 5.88 Å². The van der Waals surface area contributed by atoms with Crippen molar-refractivity contribution in [3.8, 4) is 17.1 Å². The lowest BCUT2D eigenvalue weighted by molar-refractivity contribution is -0.448. The Balaban J connectivity index is 1.82. The van der Waals surface area contributed by atoms with Crippen LogP contribution in [0.4, 0.5) is 18.9 Å². The second kappa shape index (κ2) is 9.16. The molecular weight excluding hydrogens is 383 g/mol. The summed E-state index contributed by atoms with van der Waals surface area (Å²) in [5.74, 6) is -3.81. The van der Waals surface area contributed by atoms with Crippen molar-refractivity contribution in [2.75, 3.05) is 7.05 Å². The van der Waals surface area contributed by atoms with E-state index in [1.165, 1.54) is 0 Å². The molecule has 0 amide bonds. The largest absolute Gasteiger partial charge is 0.473 e. The predicted octanol–water partition coefficient (Wildman–Crippen LogP) is 2.86. The zero-order chi connectivity index (χ0) is 20.8. The van der Waals surface area contributed by atoms with Crippen LogP contribution in [-0.4, -0.2) is 12.0 Å². The van der Waals surface area contributed by atoms with Gasteiger partial charge in [0.1, 0.15) is 11.8 Å². The summed E-state index contributed by atoms with van der Waals surface area (Å²) in [6.45, 7) is 2.12. The molecule has 3 rings (SSSR count). The van der Waals surface area contributed by atoms with Crippen LogP contribution >= 0.6 is 0 Å². The van der Waals surface area contributed by atoms with Crippen molar-refractivity contribution in [3.63, 3.8) is 0 Å². The van der Waals surface area contributed by atoms with Gasteiger partial charge in [0.25, 0.3) is 0 Å². The molecule has 29 heavy (non-hydrogen) atoms. The van der Waals surface area contributed by atoms with Gasteiger partial charge in [0, 0.05) is 24.2 Å². The lowest BCUT2D eigenvalue weighted by atomic mass is 10.1. The zero-order valence-electron chi connectivity index (χ0n) is 15.8. The summed E-state index contributed by atoms with van der Waals surface area (Å²) < 4.78 is 46.0. The average Bonchev–Trinajstić information content (AvgIpc) is 2.71. The summed E-state index contributed by atoms with van der Waals surface area (Å²) in [5.41, 5.74) is 8.20. The quantitative estimate of drug-likeness (QED) is 0.323. The first-order valence-corrected chi connectivity index (χ1v) is 8.70. The molecule has 0 spiro atoms. The van der Waals surface area contributed by atoms with Gasteiger partial charge in [-0.2, -0.15) is 0 Å². The first-order valence-electron chi connectivity index (χ1n) is 8.70. The molecular formula is C20H19F3N5O+. The van der Waals surface area contributed by atoms with Crippen molar-refractivity contribution < 1.29 is 23.0 Å². The number of hydrogen-bond donors (Lipinski definition) is 3. The van der Waals surface area contributed by atoms with E-state index in [1.54, 1.807) is 25.2 Å². The predicted molar refractivity (Wildman–Crippen MR) is 100 cm³/mol. The maximum atomic E-state index is 13.5. The standard InChI is InChI=1S/C20H18F3N5O/c1-12-5-3-7-18(26-28-27-24-2)14(12)11-29-19-8-4-6-17(25-19)13-9-15(21)20(23)16(22)10-13/h3-10H,11H2,1-2H3,(H,24,28)(H,26,27)/p+1. The number of hydrogen-bond acceptors (Lipinski definition) is 4. The van der Waals surface area contributed by atoms with E-state index in [1.807, 2.05) is 25.1 Å². The molecule has 0 aliphatic heterocycles. The number of aryl methyl sites for hydroxylation is 1. The highest BCUT2D eigenvalue weighted by Gasteiger charge is 2.13. The Morgan fingerprint density at radius 1 is 1.07 bits per heavy atom. The van der Waals surface area contributed by atoms with Crippen LogP contribution in [-0.2, 0) is 6.61 Å². The molecule has 9 heteroatoms. The van der Waals surface area contributed by atoms with Gasteiger partial charge in [-0.15, -0.1) is 16.1 Å². The average molecular weight is 402 g/mol. The Labute approximate surface area is 165 Å². The third-order valence-corrected chi connectivity index (χ3v) is 4.12. The lowest BCUT2D eigenvalue weighted by Crippen LogP contribution is -2.61. The van der Waals surface area contributed by atoms with E-state index in [4.69, 9.17) is 4.74 Å². The number of aromatic nitrogens is 1. The Morgan fingerprint density at radius 3 is 2.52 bits per heavy atom. The van der Waals surface area contributed by atoms with Gasteiger partial charge >= 0.3 is 0 Å². The molecule has 1 aromatic heterocycles. The van der Waals surface area contributed by atoms with Gasteiger partial charge < -0.3 is 4.74 Å². The van der Waals surface area contributed by atoms with Crippen molar-refractivity contribution in [2.24, 2.45) is 5.22 Å². The van der Waals surface area contributed by atoms with Crippen LogP contribution in [0, 0.1) is 24.4 Å². The molecule has 0 unspecified atom stereocenters. The topological polar surface area (TPSA) is 72.5 Å². The monoisotopic (exact) mass is 402 g/mol. The highest BCUT2D eigenvalue weighted by molar-refractivity contribution is 5.59. The molecule has 0 saturated heterocycles. The van der Waals surface area contributed by atoms with E-state index < -0.39 is 17.5 Å². The van der Waals surface area contributed by atoms with Crippen LogP contribution in [0.5, 0.6) is 5.88 Å². The summed E-state index contributed by atoms with van der Waals surface area (Å²) in [4.78, 5) is 4.26. The molecule has 0 aliphatic rings. The van der Waals surface area contributed by atoms with Gasteiger partial charge in [-0.05, 0) is 36.8 Å². The smallest absolute Gasteiger partial charge is 0.214 e. The second-order valence-corrected chi connectivity index (χ2v) is 6.09. The van der Waals surface area contributed by atoms with E-state index >= 15 is 0 Å². The fraction of sp³-hybridized carbons (Fsp3) is 0.150. The Hall–Kier alpha value is -3.46. The van der Waals surface area contributed by atoms with Crippen LogP contribution in [0.15, 0.2) is 53.8 Å². The van der Waals surface area contributed by atoms with Crippen LogP contribution in [0.25, 0.3) is 11.3 Å². The summed E-state index contributed by atoms with van der Waals surface area (Å²) in [5, 5.41) is 6.79. The van der Waals surface area contributed by atoms with E-state index in [0.717, 1.165) is 28.9 Å². The molecule has 0 radical (unpaired) electrons. The molecule has 0 saturated carbocycles. The van der Waals surface area contributed by atoms with Gasteiger partial charge in [-0.3, -0.25) is 0 Å².